The summed E-state index contributed by atoms with van der Waals surface area (Å²) in [6.07, 6.45) is 6.02. The maximum Gasteiger partial charge on any atom is 0.280 e. The molecule has 0 bridgehead atoms. The number of carbonyl (C=O) groups is 1. The van der Waals surface area contributed by atoms with Gasteiger partial charge in [-0.2, -0.15) is 0 Å². The fourth-order valence-corrected chi connectivity index (χ4v) is 3.78. The first kappa shape index (κ1) is 16.7. The van der Waals surface area contributed by atoms with Gasteiger partial charge in [-0.05, 0) is 18.4 Å². The second-order valence-corrected chi connectivity index (χ2v) is 7.20. The Morgan fingerprint density at radius 3 is 2.86 bits per heavy atom. The maximum atomic E-state index is 12.3. The van der Waals surface area contributed by atoms with Gasteiger partial charge in [0.2, 0.25) is 0 Å². The van der Waals surface area contributed by atoms with Gasteiger partial charge in [-0.25, -0.2) is 10.2 Å². The monoisotopic (exact) mass is 322 g/mol. The summed E-state index contributed by atoms with van der Waals surface area (Å²) in [6, 6.07) is 9.43. The second kappa shape index (κ2) is 7.57. The number of hydroxylamine groups is 2. The molecule has 0 aromatic heterocycles. The Kier molecular flexibility index (Phi) is 5.76. The smallest absolute Gasteiger partial charge is 0.280 e. The molecule has 2 atom stereocenters. The van der Waals surface area contributed by atoms with Gasteiger partial charge >= 0.3 is 0 Å². The predicted octanol–water partition coefficient (Wildman–Crippen LogP) is 1.52. The summed E-state index contributed by atoms with van der Waals surface area (Å²) in [5, 5.41) is 3.56. The first-order chi connectivity index (χ1) is 10.5. The van der Waals surface area contributed by atoms with Crippen molar-refractivity contribution in [3.63, 3.8) is 0 Å². The summed E-state index contributed by atoms with van der Waals surface area (Å²) in [5.74, 6) is 1.76. The number of nitrogens with zero attached hydrogens (tertiary/aromatic N) is 1. The van der Waals surface area contributed by atoms with Gasteiger partial charge in [0.25, 0.3) is 13.4 Å². The van der Waals surface area contributed by atoms with Gasteiger partial charge in [-0.1, -0.05) is 36.3 Å². The minimum Gasteiger partial charge on any atom is -0.333 e. The van der Waals surface area contributed by atoms with Crippen LogP contribution in [0.25, 0.3) is 0 Å². The third kappa shape index (κ3) is 4.19. The number of nitrogens with one attached hydrogen (secondary N) is 1. The molecule has 0 spiro atoms. The Bertz CT molecular complexity index is 599. The quantitative estimate of drug-likeness (QED) is 0.613. The topological polar surface area (TPSA) is 78.9 Å². The lowest BCUT2D eigenvalue weighted by molar-refractivity contribution is -0.196. The molecule has 1 aromatic rings. The van der Waals surface area contributed by atoms with Crippen molar-refractivity contribution < 1.29 is 19.1 Å². The first-order valence-electron chi connectivity index (χ1n) is 7.04. The van der Waals surface area contributed by atoms with E-state index in [9.17, 15) is 14.3 Å². The van der Waals surface area contributed by atoms with Gasteiger partial charge < -0.3 is 4.89 Å². The largest absolute Gasteiger partial charge is 0.333 e. The van der Waals surface area contributed by atoms with Crippen LogP contribution < -0.4 is 5.09 Å². The van der Waals surface area contributed by atoms with Gasteiger partial charge in [0, 0.05) is 6.54 Å². The van der Waals surface area contributed by atoms with Crippen molar-refractivity contribution in [2.75, 3.05) is 13.1 Å². The molecule has 1 heterocycles. The fraction of sp³-hybridized carbons (Fsp3) is 0.400. The Morgan fingerprint density at radius 2 is 2.18 bits per heavy atom. The number of rotatable bonds is 6. The molecule has 6 nitrogen and oxygen atoms in total. The Labute approximate surface area is 129 Å². The molecule has 0 saturated carbocycles. The molecule has 2 rings (SSSR count). The maximum absolute atomic E-state index is 12.3. The summed E-state index contributed by atoms with van der Waals surface area (Å²) in [5.41, 5.74) is -0.0829. The van der Waals surface area contributed by atoms with Crippen molar-refractivity contribution in [3.05, 3.63) is 35.9 Å². The molecular weight excluding hydrogens is 303 g/mol. The van der Waals surface area contributed by atoms with Crippen molar-refractivity contribution >= 4 is 13.4 Å². The zero-order valence-electron chi connectivity index (χ0n) is 12.1. The van der Waals surface area contributed by atoms with E-state index in [1.165, 1.54) is 5.06 Å². The Balaban J connectivity index is 1.98. The number of hydrogen-bond acceptors (Lipinski definition) is 3. The van der Waals surface area contributed by atoms with E-state index in [1.807, 2.05) is 30.3 Å². The Hall–Kier alpha value is -1.64. The van der Waals surface area contributed by atoms with E-state index in [-0.39, 0.29) is 13.2 Å². The highest BCUT2D eigenvalue weighted by atomic mass is 31.2. The fourth-order valence-electron chi connectivity index (χ4n) is 2.28. The average molecular weight is 322 g/mol. The highest BCUT2D eigenvalue weighted by molar-refractivity contribution is 7.57. The lowest BCUT2D eigenvalue weighted by atomic mass is 10.1. The van der Waals surface area contributed by atoms with Gasteiger partial charge in [-0.15, -0.1) is 6.42 Å². The second-order valence-electron chi connectivity index (χ2n) is 5.02. The third-order valence-electron chi connectivity index (χ3n) is 3.43. The number of benzene rings is 1. The van der Waals surface area contributed by atoms with Crippen LogP contribution in [0.15, 0.2) is 30.3 Å². The summed E-state index contributed by atoms with van der Waals surface area (Å²) >= 11 is 0. The summed E-state index contributed by atoms with van der Waals surface area (Å²) in [4.78, 5) is 27.8. The zero-order chi connectivity index (χ0) is 16.0. The van der Waals surface area contributed by atoms with E-state index in [1.54, 1.807) is 0 Å². The molecule has 1 aliphatic rings. The molecule has 1 aliphatic heterocycles. The van der Waals surface area contributed by atoms with Crippen molar-refractivity contribution in [1.82, 2.24) is 10.2 Å². The number of amides is 1. The van der Waals surface area contributed by atoms with E-state index in [0.717, 1.165) is 5.56 Å². The predicted molar refractivity (Wildman–Crippen MR) is 82.6 cm³/mol. The lowest BCUT2D eigenvalue weighted by Gasteiger charge is -2.33. The number of piperidine rings is 1. The van der Waals surface area contributed by atoms with Gasteiger partial charge in [0.05, 0.1) is 6.54 Å². The van der Waals surface area contributed by atoms with Crippen LogP contribution in [0.3, 0.4) is 0 Å². The molecule has 2 N–H and O–H groups in total. The SMILES string of the molecule is C#CCNP(=O)(O)C1CCCN(OCc2ccccc2)C1=O. The molecule has 0 aliphatic carbocycles. The van der Waals surface area contributed by atoms with E-state index < -0.39 is 19.1 Å². The van der Waals surface area contributed by atoms with Crippen molar-refractivity contribution in [2.24, 2.45) is 0 Å². The van der Waals surface area contributed by atoms with Crippen LogP contribution in [0.4, 0.5) is 0 Å². The minimum absolute atomic E-state index is 0.0531. The summed E-state index contributed by atoms with van der Waals surface area (Å²) < 4.78 is 12.2. The molecule has 1 fully saturated rings. The molecule has 1 saturated heterocycles. The van der Waals surface area contributed by atoms with Crippen LogP contribution in [0.5, 0.6) is 0 Å². The van der Waals surface area contributed by atoms with Crippen LogP contribution in [-0.4, -0.2) is 34.6 Å². The van der Waals surface area contributed by atoms with Gasteiger partial charge in [0.15, 0.2) is 0 Å². The first-order valence-corrected chi connectivity index (χ1v) is 8.77. The standard InChI is InChI=1S/C15H19N2O4P/c1-2-10-16-22(19,20)14-9-6-11-17(15(14)18)21-12-13-7-4-3-5-8-13/h1,3-5,7-8,14H,6,9-12H2,(H2,16,19,20). The van der Waals surface area contributed by atoms with Crippen LogP contribution in [0.2, 0.25) is 0 Å². The van der Waals surface area contributed by atoms with Gasteiger partial charge in [-0.3, -0.25) is 14.2 Å². The molecule has 22 heavy (non-hydrogen) atoms. The minimum atomic E-state index is -3.84. The van der Waals surface area contributed by atoms with Crippen LogP contribution in [-0.2, 0) is 20.8 Å². The van der Waals surface area contributed by atoms with E-state index in [0.29, 0.717) is 19.4 Å². The summed E-state index contributed by atoms with van der Waals surface area (Å²) in [7, 11) is -3.84. The molecule has 2 unspecified atom stereocenters. The van der Waals surface area contributed by atoms with Crippen molar-refractivity contribution in [2.45, 2.75) is 25.1 Å². The molecule has 1 aromatic carbocycles. The third-order valence-corrected chi connectivity index (χ3v) is 5.36. The molecule has 118 valence electrons. The van der Waals surface area contributed by atoms with Crippen LogP contribution in [0, 0.1) is 12.3 Å². The van der Waals surface area contributed by atoms with E-state index in [2.05, 4.69) is 11.0 Å². The van der Waals surface area contributed by atoms with Crippen molar-refractivity contribution in [3.8, 4) is 12.3 Å². The van der Waals surface area contributed by atoms with E-state index in [4.69, 9.17) is 11.3 Å². The highest BCUT2D eigenvalue weighted by Gasteiger charge is 2.42. The van der Waals surface area contributed by atoms with Crippen LogP contribution >= 0.6 is 7.52 Å². The molecular formula is C15H19N2O4P. The lowest BCUT2D eigenvalue weighted by Crippen LogP contribution is -2.45. The van der Waals surface area contributed by atoms with Crippen molar-refractivity contribution in [1.29, 1.82) is 0 Å². The van der Waals surface area contributed by atoms with E-state index >= 15 is 0 Å². The normalized spacial score (nSPS) is 21.2. The number of terminal acetylenes is 1. The molecule has 0 radical (unpaired) electrons. The molecule has 7 heteroatoms. The van der Waals surface area contributed by atoms with Gasteiger partial charge in [0.1, 0.15) is 12.3 Å². The molecule has 1 amide bonds. The number of carbonyl (C=O) groups excluding carboxylic acids is 1. The highest BCUT2D eigenvalue weighted by Crippen LogP contribution is 2.46. The van der Waals surface area contributed by atoms with Crippen LogP contribution in [0.1, 0.15) is 18.4 Å². The summed E-state index contributed by atoms with van der Waals surface area (Å²) in [6.45, 7) is 0.604. The zero-order valence-corrected chi connectivity index (χ0v) is 13.0. The average Bonchev–Trinajstić information content (AvgIpc) is 2.53. The number of hydrogen-bond donors (Lipinski definition) is 2. The Morgan fingerprint density at radius 1 is 1.45 bits per heavy atom.